The molecule has 0 saturated heterocycles. The van der Waals surface area contributed by atoms with E-state index < -0.39 is 28.5 Å². The highest BCUT2D eigenvalue weighted by atomic mass is 79.9. The summed E-state index contributed by atoms with van der Waals surface area (Å²) in [6.45, 7) is 9.05. The van der Waals surface area contributed by atoms with Gasteiger partial charge in [-0.25, -0.2) is 8.42 Å². The smallest absolute Gasteiger partial charge is 0.244 e. The fourth-order valence-corrected chi connectivity index (χ4v) is 4.64. The van der Waals surface area contributed by atoms with Gasteiger partial charge in [-0.2, -0.15) is 0 Å². The molecule has 2 aromatic carbocycles. The largest absolute Gasteiger partial charge is 0.352 e. The summed E-state index contributed by atoms with van der Waals surface area (Å²) in [6.07, 6.45) is 1.84. The standard InChI is InChI=1S/C25H34BrN3O4S/c1-7-19(4)27-25(31)20(5)28(15-21-8-10-22(26)11-9-21)24(30)16-29(34(6,32)33)23-13-17(2)12-18(3)14-23/h8-14,19-20H,7,15-16H2,1-6H3,(H,27,31)/t19-,20-/m0/s1. The van der Waals surface area contributed by atoms with Crippen molar-refractivity contribution in [3.05, 3.63) is 63.6 Å². The summed E-state index contributed by atoms with van der Waals surface area (Å²) in [5.74, 6) is -0.739. The van der Waals surface area contributed by atoms with Gasteiger partial charge in [0.15, 0.2) is 0 Å². The van der Waals surface area contributed by atoms with Gasteiger partial charge in [0.25, 0.3) is 0 Å². The Bertz CT molecular complexity index is 1100. The normalized spacial score (nSPS) is 13.1. The lowest BCUT2D eigenvalue weighted by Gasteiger charge is -2.32. The first kappa shape index (κ1) is 27.9. The van der Waals surface area contributed by atoms with Crippen LogP contribution >= 0.6 is 15.9 Å². The first-order valence-corrected chi connectivity index (χ1v) is 13.9. The molecule has 2 aromatic rings. The second-order valence-corrected chi connectivity index (χ2v) is 11.6. The molecule has 1 N–H and O–H groups in total. The van der Waals surface area contributed by atoms with Gasteiger partial charge < -0.3 is 10.2 Å². The van der Waals surface area contributed by atoms with Gasteiger partial charge in [-0.3, -0.25) is 13.9 Å². The number of benzene rings is 2. The van der Waals surface area contributed by atoms with Crippen molar-refractivity contribution in [2.24, 2.45) is 0 Å². The summed E-state index contributed by atoms with van der Waals surface area (Å²) in [6, 6.07) is 12.0. The molecule has 0 aliphatic heterocycles. The molecule has 186 valence electrons. The molecule has 0 aliphatic rings. The number of hydrogen-bond acceptors (Lipinski definition) is 4. The van der Waals surface area contributed by atoms with Crippen LogP contribution in [0.4, 0.5) is 5.69 Å². The molecule has 0 saturated carbocycles. The second-order valence-electron chi connectivity index (χ2n) is 8.76. The van der Waals surface area contributed by atoms with Crippen LogP contribution < -0.4 is 9.62 Å². The summed E-state index contributed by atoms with van der Waals surface area (Å²) >= 11 is 3.40. The molecule has 0 spiro atoms. The maximum absolute atomic E-state index is 13.5. The SMILES string of the molecule is CC[C@H](C)NC(=O)[C@H](C)N(Cc1ccc(Br)cc1)C(=O)CN(c1cc(C)cc(C)c1)S(C)(=O)=O. The first-order chi connectivity index (χ1) is 15.8. The van der Waals surface area contributed by atoms with Gasteiger partial charge in [0.05, 0.1) is 11.9 Å². The van der Waals surface area contributed by atoms with Crippen LogP contribution in [0.15, 0.2) is 46.9 Å². The second kappa shape index (κ2) is 11.8. The van der Waals surface area contributed by atoms with Crippen molar-refractivity contribution in [3.8, 4) is 0 Å². The number of anilines is 1. The lowest BCUT2D eigenvalue weighted by Crippen LogP contribution is -2.52. The average Bonchev–Trinajstić information content (AvgIpc) is 2.74. The van der Waals surface area contributed by atoms with Crippen molar-refractivity contribution in [2.45, 2.75) is 59.7 Å². The molecule has 0 unspecified atom stereocenters. The van der Waals surface area contributed by atoms with E-state index in [9.17, 15) is 18.0 Å². The minimum absolute atomic E-state index is 0.0395. The van der Waals surface area contributed by atoms with E-state index in [1.807, 2.05) is 58.0 Å². The predicted molar refractivity (Wildman–Crippen MR) is 140 cm³/mol. The number of nitrogens with zero attached hydrogens (tertiary/aromatic N) is 2. The predicted octanol–water partition coefficient (Wildman–Crippen LogP) is 4.16. The molecular weight excluding hydrogens is 518 g/mol. The van der Waals surface area contributed by atoms with Gasteiger partial charge in [-0.05, 0) is 75.1 Å². The number of sulfonamides is 1. The number of amides is 2. The van der Waals surface area contributed by atoms with Gasteiger partial charge in [0.2, 0.25) is 21.8 Å². The number of carbonyl (C=O) groups is 2. The number of hydrogen-bond donors (Lipinski definition) is 1. The average molecular weight is 553 g/mol. The van der Waals surface area contributed by atoms with Gasteiger partial charge in [0, 0.05) is 17.1 Å². The molecular formula is C25H34BrN3O4S. The monoisotopic (exact) mass is 551 g/mol. The molecule has 0 aliphatic carbocycles. The molecule has 2 amide bonds. The van der Waals surface area contributed by atoms with E-state index in [1.165, 1.54) is 4.90 Å². The Morgan fingerprint density at radius 2 is 1.59 bits per heavy atom. The van der Waals surface area contributed by atoms with E-state index in [4.69, 9.17) is 0 Å². The van der Waals surface area contributed by atoms with Gasteiger partial charge >= 0.3 is 0 Å². The van der Waals surface area contributed by atoms with Crippen molar-refractivity contribution in [1.82, 2.24) is 10.2 Å². The quantitative estimate of drug-likeness (QED) is 0.480. The lowest BCUT2D eigenvalue weighted by molar-refractivity contribution is -0.139. The third-order valence-corrected chi connectivity index (χ3v) is 7.28. The Hall–Kier alpha value is -2.39. The molecule has 2 atom stereocenters. The topological polar surface area (TPSA) is 86.8 Å². The maximum atomic E-state index is 13.5. The summed E-state index contributed by atoms with van der Waals surface area (Å²) in [4.78, 5) is 27.9. The van der Waals surface area contributed by atoms with Crippen LogP contribution in [0.2, 0.25) is 0 Å². The number of nitrogens with one attached hydrogen (secondary N) is 1. The van der Waals surface area contributed by atoms with Gasteiger partial charge in [-0.1, -0.05) is 41.1 Å². The van der Waals surface area contributed by atoms with Crippen molar-refractivity contribution in [2.75, 3.05) is 17.1 Å². The summed E-state index contributed by atoms with van der Waals surface area (Å²) in [5, 5.41) is 2.92. The molecule has 0 radical (unpaired) electrons. The zero-order chi connectivity index (χ0) is 25.6. The first-order valence-electron chi connectivity index (χ1n) is 11.2. The van der Waals surface area contributed by atoms with Crippen molar-refractivity contribution in [1.29, 1.82) is 0 Å². The minimum atomic E-state index is -3.75. The van der Waals surface area contributed by atoms with E-state index in [1.54, 1.807) is 19.1 Å². The zero-order valence-electron chi connectivity index (χ0n) is 20.6. The molecule has 2 rings (SSSR count). The van der Waals surface area contributed by atoms with Crippen LogP contribution in [0, 0.1) is 13.8 Å². The highest BCUT2D eigenvalue weighted by Crippen LogP contribution is 2.22. The lowest BCUT2D eigenvalue weighted by atomic mass is 10.1. The fourth-order valence-electron chi connectivity index (χ4n) is 3.54. The van der Waals surface area contributed by atoms with E-state index in [0.29, 0.717) is 5.69 Å². The summed E-state index contributed by atoms with van der Waals surface area (Å²) in [7, 11) is -3.75. The Morgan fingerprint density at radius 3 is 2.09 bits per heavy atom. The molecule has 9 heteroatoms. The molecule has 0 aromatic heterocycles. The Kier molecular flexibility index (Phi) is 9.70. The van der Waals surface area contributed by atoms with E-state index in [0.717, 1.165) is 38.1 Å². The van der Waals surface area contributed by atoms with Gasteiger partial charge in [0.1, 0.15) is 12.6 Å². The van der Waals surface area contributed by atoms with Gasteiger partial charge in [-0.15, -0.1) is 0 Å². The van der Waals surface area contributed by atoms with Crippen molar-refractivity contribution in [3.63, 3.8) is 0 Å². The number of rotatable bonds is 10. The number of aryl methyl sites for hydroxylation is 2. The molecule has 0 heterocycles. The maximum Gasteiger partial charge on any atom is 0.244 e. The Morgan fingerprint density at radius 1 is 1.03 bits per heavy atom. The van der Waals surface area contributed by atoms with E-state index in [2.05, 4.69) is 21.2 Å². The van der Waals surface area contributed by atoms with Crippen LogP contribution in [0.3, 0.4) is 0 Å². The molecule has 34 heavy (non-hydrogen) atoms. The minimum Gasteiger partial charge on any atom is -0.352 e. The molecule has 0 fully saturated rings. The third kappa shape index (κ3) is 7.84. The van der Waals surface area contributed by atoms with Crippen LogP contribution in [0.1, 0.15) is 43.9 Å². The Labute approximate surface area is 211 Å². The zero-order valence-corrected chi connectivity index (χ0v) is 23.0. The summed E-state index contributed by atoms with van der Waals surface area (Å²) < 4.78 is 27.3. The highest BCUT2D eigenvalue weighted by molar-refractivity contribution is 9.10. The highest BCUT2D eigenvalue weighted by Gasteiger charge is 2.30. The fraction of sp³-hybridized carbons (Fsp3) is 0.440. The van der Waals surface area contributed by atoms with Crippen LogP contribution in [0.5, 0.6) is 0 Å². The van der Waals surface area contributed by atoms with E-state index >= 15 is 0 Å². The van der Waals surface area contributed by atoms with Crippen LogP contribution in [-0.4, -0.2) is 50.0 Å². The number of carbonyl (C=O) groups excluding carboxylic acids is 2. The van der Waals surface area contributed by atoms with Crippen LogP contribution in [0.25, 0.3) is 0 Å². The third-order valence-electron chi connectivity index (χ3n) is 5.61. The van der Waals surface area contributed by atoms with Crippen molar-refractivity contribution >= 4 is 43.5 Å². The number of halogens is 1. The summed E-state index contributed by atoms with van der Waals surface area (Å²) in [5.41, 5.74) is 3.04. The molecule has 0 bridgehead atoms. The van der Waals surface area contributed by atoms with Crippen LogP contribution in [-0.2, 0) is 26.2 Å². The Balaban J connectivity index is 2.41. The molecule has 7 nitrogen and oxygen atoms in total. The van der Waals surface area contributed by atoms with E-state index in [-0.39, 0.29) is 18.5 Å². The van der Waals surface area contributed by atoms with Crippen molar-refractivity contribution < 1.29 is 18.0 Å².